The molecule has 0 saturated carbocycles. The summed E-state index contributed by atoms with van der Waals surface area (Å²) in [6.45, 7) is 0.305. The van der Waals surface area contributed by atoms with Crippen LogP contribution in [0.5, 0.6) is 5.75 Å². The number of carbonyl (C=O) groups excluding carboxylic acids is 2. The molecule has 2 amide bonds. The minimum absolute atomic E-state index is 0.112. The van der Waals surface area contributed by atoms with Crippen molar-refractivity contribution in [2.45, 2.75) is 6.61 Å². The molecule has 3 rings (SSSR count). The summed E-state index contributed by atoms with van der Waals surface area (Å²) in [5.41, 5.74) is 2.09. The van der Waals surface area contributed by atoms with E-state index in [1.54, 1.807) is 18.2 Å². The maximum atomic E-state index is 12.2. The van der Waals surface area contributed by atoms with Crippen molar-refractivity contribution < 1.29 is 14.3 Å². The Bertz CT molecular complexity index is 944. The number of halogens is 1. The van der Waals surface area contributed by atoms with Crippen LogP contribution in [0.2, 0.25) is 0 Å². The van der Waals surface area contributed by atoms with Crippen LogP contribution in [0, 0.1) is 0 Å². The predicted molar refractivity (Wildman–Crippen MR) is 112 cm³/mol. The van der Waals surface area contributed by atoms with Gasteiger partial charge < -0.3 is 15.4 Å². The molecular weight excluding hydrogens is 420 g/mol. The first kappa shape index (κ1) is 19.6. The van der Waals surface area contributed by atoms with Gasteiger partial charge in [-0.05, 0) is 57.9 Å². The second-order valence-electron chi connectivity index (χ2n) is 6.01. The fraction of sp³-hybridized carbons (Fsp3) is 0.0909. The summed E-state index contributed by atoms with van der Waals surface area (Å²) >= 11 is 3.36. The quantitative estimate of drug-likeness (QED) is 0.574. The molecule has 142 valence electrons. The number of nitrogens with one attached hydrogen (secondary N) is 2. The third-order valence-electron chi connectivity index (χ3n) is 3.92. The molecule has 0 saturated heterocycles. The summed E-state index contributed by atoms with van der Waals surface area (Å²) in [6.07, 6.45) is 0. The molecule has 2 N–H and O–H groups in total. The highest BCUT2D eigenvalue weighted by Gasteiger charge is 2.09. The number of anilines is 1. The molecule has 28 heavy (non-hydrogen) atoms. The molecule has 5 nitrogen and oxygen atoms in total. The van der Waals surface area contributed by atoms with Crippen LogP contribution in [0.3, 0.4) is 0 Å². The van der Waals surface area contributed by atoms with E-state index in [0.717, 1.165) is 15.8 Å². The van der Waals surface area contributed by atoms with E-state index in [1.165, 1.54) is 0 Å². The van der Waals surface area contributed by atoms with E-state index in [0.29, 0.717) is 17.9 Å². The topological polar surface area (TPSA) is 67.4 Å². The number of ether oxygens (including phenoxy) is 1. The molecule has 3 aromatic carbocycles. The largest absolute Gasteiger partial charge is 0.489 e. The van der Waals surface area contributed by atoms with Crippen LogP contribution in [0.4, 0.5) is 5.69 Å². The van der Waals surface area contributed by atoms with Crippen LogP contribution < -0.4 is 15.4 Å². The zero-order valence-corrected chi connectivity index (χ0v) is 16.6. The molecule has 0 atom stereocenters. The third kappa shape index (κ3) is 5.69. The normalized spacial score (nSPS) is 10.2. The Kier molecular flexibility index (Phi) is 6.81. The van der Waals surface area contributed by atoms with Gasteiger partial charge in [-0.3, -0.25) is 9.59 Å². The molecule has 0 aliphatic carbocycles. The molecule has 0 heterocycles. The number of amides is 2. The van der Waals surface area contributed by atoms with Gasteiger partial charge in [-0.15, -0.1) is 0 Å². The zero-order valence-electron chi connectivity index (χ0n) is 15.0. The van der Waals surface area contributed by atoms with Crippen LogP contribution in [0.15, 0.2) is 83.3 Å². The lowest BCUT2D eigenvalue weighted by atomic mass is 10.1. The van der Waals surface area contributed by atoms with E-state index < -0.39 is 0 Å². The predicted octanol–water partition coefficient (Wildman–Crippen LogP) is 4.40. The maximum Gasteiger partial charge on any atom is 0.251 e. The number of hydrogen-bond acceptors (Lipinski definition) is 3. The number of carbonyl (C=O) groups is 2. The first-order chi connectivity index (χ1) is 13.6. The van der Waals surface area contributed by atoms with Crippen molar-refractivity contribution in [3.63, 3.8) is 0 Å². The average molecular weight is 439 g/mol. The van der Waals surface area contributed by atoms with Crippen molar-refractivity contribution in [2.24, 2.45) is 0 Å². The van der Waals surface area contributed by atoms with Crippen LogP contribution in [-0.2, 0) is 11.4 Å². The Morgan fingerprint density at radius 3 is 2.25 bits per heavy atom. The second-order valence-corrected chi connectivity index (χ2v) is 6.86. The molecule has 0 spiro atoms. The maximum absolute atomic E-state index is 12.2. The summed E-state index contributed by atoms with van der Waals surface area (Å²) < 4.78 is 6.46. The van der Waals surface area contributed by atoms with Gasteiger partial charge in [0.2, 0.25) is 5.91 Å². The van der Waals surface area contributed by atoms with Gasteiger partial charge in [0.25, 0.3) is 5.91 Å². The molecule has 0 bridgehead atoms. The van der Waals surface area contributed by atoms with Crippen LogP contribution in [0.1, 0.15) is 15.9 Å². The smallest absolute Gasteiger partial charge is 0.251 e. The van der Waals surface area contributed by atoms with Crippen molar-refractivity contribution in [3.8, 4) is 5.75 Å². The SMILES string of the molecule is O=C(CNC(=O)c1ccc(COc2ccccc2)cc1)Nc1ccccc1Br. The highest BCUT2D eigenvalue weighted by Crippen LogP contribution is 2.20. The molecule has 0 aliphatic rings. The lowest BCUT2D eigenvalue weighted by Crippen LogP contribution is -2.32. The van der Waals surface area contributed by atoms with Crippen molar-refractivity contribution >= 4 is 33.4 Å². The zero-order chi connectivity index (χ0) is 19.8. The molecular formula is C22H19BrN2O3. The molecule has 0 radical (unpaired) electrons. The van der Waals surface area contributed by atoms with Gasteiger partial charge in [0.15, 0.2) is 0 Å². The van der Waals surface area contributed by atoms with Gasteiger partial charge in [0.05, 0.1) is 12.2 Å². The van der Waals surface area contributed by atoms with E-state index in [2.05, 4.69) is 26.6 Å². The number of hydrogen-bond donors (Lipinski definition) is 2. The van der Waals surface area contributed by atoms with Crippen molar-refractivity contribution in [2.75, 3.05) is 11.9 Å². The van der Waals surface area contributed by atoms with Gasteiger partial charge in [-0.1, -0.05) is 42.5 Å². The van der Waals surface area contributed by atoms with Crippen LogP contribution in [-0.4, -0.2) is 18.4 Å². The highest BCUT2D eigenvalue weighted by atomic mass is 79.9. The summed E-state index contributed by atoms with van der Waals surface area (Å²) in [6, 6.07) is 23.9. The fourth-order valence-electron chi connectivity index (χ4n) is 2.46. The van der Waals surface area contributed by atoms with Crippen LogP contribution >= 0.6 is 15.9 Å². The fourth-order valence-corrected chi connectivity index (χ4v) is 2.84. The van der Waals surface area contributed by atoms with E-state index in [4.69, 9.17) is 4.74 Å². The summed E-state index contributed by atoms with van der Waals surface area (Å²) in [4.78, 5) is 24.2. The van der Waals surface area contributed by atoms with Crippen molar-refractivity contribution in [1.82, 2.24) is 5.32 Å². The molecule has 0 unspecified atom stereocenters. The Morgan fingerprint density at radius 1 is 0.857 bits per heavy atom. The molecule has 0 aromatic heterocycles. The van der Waals surface area contributed by atoms with Gasteiger partial charge in [0, 0.05) is 10.0 Å². The van der Waals surface area contributed by atoms with E-state index in [-0.39, 0.29) is 18.4 Å². The third-order valence-corrected chi connectivity index (χ3v) is 4.61. The van der Waals surface area contributed by atoms with E-state index in [1.807, 2.05) is 60.7 Å². The minimum atomic E-state index is -0.308. The summed E-state index contributed by atoms with van der Waals surface area (Å²) in [5, 5.41) is 5.36. The monoisotopic (exact) mass is 438 g/mol. The number of rotatable bonds is 7. The summed E-state index contributed by atoms with van der Waals surface area (Å²) in [7, 11) is 0. The van der Waals surface area contributed by atoms with Crippen molar-refractivity contribution in [3.05, 3.63) is 94.5 Å². The standard InChI is InChI=1S/C22H19BrN2O3/c23-19-8-4-5-9-20(19)25-21(26)14-24-22(27)17-12-10-16(11-13-17)15-28-18-6-2-1-3-7-18/h1-13H,14-15H2,(H,24,27)(H,25,26). The Balaban J connectivity index is 1.47. The Morgan fingerprint density at radius 2 is 1.54 bits per heavy atom. The molecule has 3 aromatic rings. The van der Waals surface area contributed by atoms with E-state index >= 15 is 0 Å². The van der Waals surface area contributed by atoms with Crippen molar-refractivity contribution in [1.29, 1.82) is 0 Å². The minimum Gasteiger partial charge on any atom is -0.489 e. The highest BCUT2D eigenvalue weighted by molar-refractivity contribution is 9.10. The van der Waals surface area contributed by atoms with Gasteiger partial charge in [-0.25, -0.2) is 0 Å². The van der Waals surface area contributed by atoms with Crippen LogP contribution in [0.25, 0.3) is 0 Å². The second kappa shape index (κ2) is 9.71. The first-order valence-corrected chi connectivity index (χ1v) is 9.50. The van der Waals surface area contributed by atoms with E-state index in [9.17, 15) is 9.59 Å². The van der Waals surface area contributed by atoms with Gasteiger partial charge >= 0.3 is 0 Å². The first-order valence-electron chi connectivity index (χ1n) is 8.71. The molecule has 0 aliphatic heterocycles. The Hall–Kier alpha value is -3.12. The average Bonchev–Trinajstić information content (AvgIpc) is 2.73. The lowest BCUT2D eigenvalue weighted by molar-refractivity contribution is -0.115. The van der Waals surface area contributed by atoms with Gasteiger partial charge in [-0.2, -0.15) is 0 Å². The summed E-state index contributed by atoms with van der Waals surface area (Å²) in [5.74, 6) is 0.186. The molecule has 6 heteroatoms. The lowest BCUT2D eigenvalue weighted by Gasteiger charge is -2.09. The number of benzene rings is 3. The van der Waals surface area contributed by atoms with Gasteiger partial charge in [0.1, 0.15) is 12.4 Å². The number of para-hydroxylation sites is 2. The Labute approximate surface area is 171 Å². The molecule has 0 fully saturated rings.